The van der Waals surface area contributed by atoms with Crippen molar-refractivity contribution in [2.75, 3.05) is 25.6 Å². The van der Waals surface area contributed by atoms with E-state index in [0.717, 1.165) is 30.5 Å². The Labute approximate surface area is 214 Å². The molecule has 1 aliphatic carbocycles. The van der Waals surface area contributed by atoms with E-state index < -0.39 is 17.6 Å². The number of aromatic nitrogens is 5. The fourth-order valence-electron chi connectivity index (χ4n) is 4.59. The summed E-state index contributed by atoms with van der Waals surface area (Å²) >= 11 is 1.27. The van der Waals surface area contributed by atoms with E-state index in [9.17, 15) is 13.2 Å². The van der Waals surface area contributed by atoms with Crippen LogP contribution in [0.4, 0.5) is 22.7 Å². The topological polar surface area (TPSA) is 69.0 Å². The number of halogens is 4. The summed E-state index contributed by atoms with van der Waals surface area (Å²) in [6, 6.07) is 2.99. The largest absolute Gasteiger partial charge is 0.416 e. The van der Waals surface area contributed by atoms with Gasteiger partial charge in [-0.3, -0.25) is 4.68 Å². The van der Waals surface area contributed by atoms with Crippen LogP contribution >= 0.6 is 11.3 Å². The van der Waals surface area contributed by atoms with Gasteiger partial charge in [-0.1, -0.05) is 11.3 Å². The highest BCUT2D eigenvalue weighted by Crippen LogP contribution is 2.42. The Morgan fingerprint density at radius 2 is 1.92 bits per heavy atom. The number of thiazole rings is 1. The van der Waals surface area contributed by atoms with E-state index in [0.29, 0.717) is 52.9 Å². The average Bonchev–Trinajstić information content (AvgIpc) is 3.42. The summed E-state index contributed by atoms with van der Waals surface area (Å²) < 4.78 is 63.1. The number of fused-ring (bicyclic) bond motifs is 1. The van der Waals surface area contributed by atoms with Crippen LogP contribution in [0.15, 0.2) is 30.6 Å². The van der Waals surface area contributed by atoms with Gasteiger partial charge in [0.15, 0.2) is 10.8 Å². The first-order valence-electron chi connectivity index (χ1n) is 12.1. The van der Waals surface area contributed by atoms with Gasteiger partial charge in [0, 0.05) is 43.9 Å². The van der Waals surface area contributed by atoms with Crippen LogP contribution in [0.25, 0.3) is 21.6 Å². The lowest BCUT2D eigenvalue weighted by molar-refractivity contribution is -0.137. The Balaban J connectivity index is 1.39. The SMILES string of the molecule is CN(C)c1nc2nc([C@H]3CCO[C@@H](c4cnn(C5CC5)c4)C3)nc(-c3ccc(C(F)(F)F)cc3F)c2s1. The van der Waals surface area contributed by atoms with Gasteiger partial charge in [0.2, 0.25) is 0 Å². The van der Waals surface area contributed by atoms with Gasteiger partial charge < -0.3 is 9.64 Å². The maximum absolute atomic E-state index is 15.1. The smallest absolute Gasteiger partial charge is 0.373 e. The minimum absolute atomic E-state index is 0.00933. The zero-order valence-electron chi connectivity index (χ0n) is 20.2. The van der Waals surface area contributed by atoms with Crippen LogP contribution in [0.2, 0.25) is 0 Å². The molecule has 7 nitrogen and oxygen atoms in total. The molecule has 2 atom stereocenters. The third-order valence-corrected chi connectivity index (χ3v) is 7.98. The summed E-state index contributed by atoms with van der Waals surface area (Å²) in [5.74, 6) is -0.591. The number of rotatable bonds is 5. The molecule has 4 aromatic rings. The molecule has 0 N–H and O–H groups in total. The molecule has 1 aliphatic heterocycles. The molecule has 2 aliphatic rings. The first kappa shape index (κ1) is 24.2. The summed E-state index contributed by atoms with van der Waals surface area (Å²) in [5.41, 5.74) is 0.593. The molecule has 194 valence electrons. The number of nitrogens with zero attached hydrogens (tertiary/aromatic N) is 6. The summed E-state index contributed by atoms with van der Waals surface area (Å²) in [4.78, 5) is 15.9. The van der Waals surface area contributed by atoms with Crippen LogP contribution < -0.4 is 4.90 Å². The average molecular weight is 533 g/mol. The fourth-order valence-corrected chi connectivity index (χ4v) is 5.52. The van der Waals surface area contributed by atoms with Gasteiger partial charge in [-0.25, -0.2) is 14.4 Å². The number of anilines is 1. The Kier molecular flexibility index (Phi) is 5.90. The Bertz CT molecular complexity index is 1460. The standard InChI is InChI=1S/C25H24F4N6OS/c1-34(2)24-33-23-21(37-24)20(17-6-3-15(10-18(17)26)25(27,28)29)31-22(32-23)13-7-8-36-19(9-13)14-11-30-35(12-14)16-4-5-16/h3,6,10-13,16,19H,4-5,7-9H2,1-2H3/t13-,19+/m0/s1. The molecule has 0 spiro atoms. The highest BCUT2D eigenvalue weighted by Gasteiger charge is 2.33. The highest BCUT2D eigenvalue weighted by atomic mass is 32.1. The minimum atomic E-state index is -4.64. The first-order chi connectivity index (χ1) is 17.7. The number of hydrogen-bond acceptors (Lipinski definition) is 7. The maximum atomic E-state index is 15.1. The van der Waals surface area contributed by atoms with Crippen molar-refractivity contribution in [3.63, 3.8) is 0 Å². The zero-order chi connectivity index (χ0) is 25.9. The molecule has 1 aromatic carbocycles. The molecule has 37 heavy (non-hydrogen) atoms. The Morgan fingerprint density at radius 1 is 1.11 bits per heavy atom. The van der Waals surface area contributed by atoms with Gasteiger partial charge in [-0.2, -0.15) is 23.3 Å². The third kappa shape index (κ3) is 4.68. The Hall–Kier alpha value is -3.12. The fraction of sp³-hybridized carbons (Fsp3) is 0.440. The van der Waals surface area contributed by atoms with E-state index in [1.165, 1.54) is 11.3 Å². The molecule has 6 rings (SSSR count). The third-order valence-electron chi connectivity index (χ3n) is 6.76. The van der Waals surface area contributed by atoms with Gasteiger partial charge in [-0.05, 0) is 43.9 Å². The molecule has 0 radical (unpaired) electrons. The van der Waals surface area contributed by atoms with Crippen molar-refractivity contribution in [1.29, 1.82) is 0 Å². The zero-order valence-corrected chi connectivity index (χ0v) is 21.0. The van der Waals surface area contributed by atoms with E-state index in [4.69, 9.17) is 14.7 Å². The summed E-state index contributed by atoms with van der Waals surface area (Å²) in [6.07, 6.45) is 2.59. The number of benzene rings is 1. The molecule has 0 unspecified atom stereocenters. The first-order valence-corrected chi connectivity index (χ1v) is 12.9. The number of ether oxygens (including phenoxy) is 1. The number of alkyl halides is 3. The van der Waals surface area contributed by atoms with Gasteiger partial charge in [0.1, 0.15) is 16.3 Å². The lowest BCUT2D eigenvalue weighted by Gasteiger charge is -2.28. The Morgan fingerprint density at radius 3 is 2.62 bits per heavy atom. The van der Waals surface area contributed by atoms with Crippen LogP contribution in [-0.2, 0) is 10.9 Å². The van der Waals surface area contributed by atoms with Crippen molar-refractivity contribution >= 4 is 26.8 Å². The lowest BCUT2D eigenvalue weighted by Crippen LogP contribution is -2.20. The van der Waals surface area contributed by atoms with Gasteiger partial charge in [0.05, 0.1) is 29.6 Å². The van der Waals surface area contributed by atoms with Gasteiger partial charge in [-0.15, -0.1) is 0 Å². The molecular weight excluding hydrogens is 508 g/mol. The number of hydrogen-bond donors (Lipinski definition) is 0. The van der Waals surface area contributed by atoms with E-state index >= 15 is 4.39 Å². The van der Waals surface area contributed by atoms with Crippen molar-refractivity contribution in [3.8, 4) is 11.3 Å². The van der Waals surface area contributed by atoms with Gasteiger partial charge in [0.25, 0.3) is 0 Å². The summed E-state index contributed by atoms with van der Waals surface area (Å²) in [7, 11) is 3.66. The second-order valence-corrected chi connectivity index (χ2v) is 10.7. The van der Waals surface area contributed by atoms with Crippen molar-refractivity contribution in [3.05, 3.63) is 53.4 Å². The van der Waals surface area contributed by atoms with Crippen LogP contribution in [0, 0.1) is 5.82 Å². The molecule has 4 heterocycles. The summed E-state index contributed by atoms with van der Waals surface area (Å²) in [6.45, 7) is 0.495. The molecule has 1 saturated carbocycles. The second kappa shape index (κ2) is 9.02. The van der Waals surface area contributed by atoms with E-state index in [2.05, 4.69) is 10.1 Å². The van der Waals surface area contributed by atoms with Crippen LogP contribution in [0.1, 0.15) is 60.7 Å². The molecule has 1 saturated heterocycles. The summed E-state index contributed by atoms with van der Waals surface area (Å²) in [5, 5.41) is 5.12. The normalized spacial score (nSPS) is 20.5. The van der Waals surface area contributed by atoms with E-state index in [1.54, 1.807) is 4.90 Å². The minimum Gasteiger partial charge on any atom is -0.373 e. The van der Waals surface area contributed by atoms with Crippen LogP contribution in [0.3, 0.4) is 0 Å². The van der Waals surface area contributed by atoms with Crippen LogP contribution in [-0.4, -0.2) is 45.4 Å². The predicted octanol–water partition coefficient (Wildman–Crippen LogP) is 6.14. The second-order valence-electron chi connectivity index (χ2n) is 9.73. The maximum Gasteiger partial charge on any atom is 0.416 e. The molecular formula is C25H24F4N6OS. The van der Waals surface area contributed by atoms with Crippen molar-refractivity contribution in [2.45, 2.75) is 49.9 Å². The van der Waals surface area contributed by atoms with Crippen molar-refractivity contribution < 1.29 is 22.3 Å². The van der Waals surface area contributed by atoms with Crippen LogP contribution in [0.5, 0.6) is 0 Å². The monoisotopic (exact) mass is 532 g/mol. The quantitative estimate of drug-likeness (QED) is 0.288. The molecule has 0 amide bonds. The van der Waals surface area contributed by atoms with E-state index in [1.807, 2.05) is 31.2 Å². The molecule has 0 bridgehead atoms. The molecule has 2 fully saturated rings. The lowest BCUT2D eigenvalue weighted by atomic mass is 9.92. The molecule has 12 heteroatoms. The van der Waals surface area contributed by atoms with Gasteiger partial charge >= 0.3 is 6.18 Å². The van der Waals surface area contributed by atoms with Crippen molar-refractivity contribution in [1.82, 2.24) is 24.7 Å². The molecule has 3 aromatic heterocycles. The van der Waals surface area contributed by atoms with Crippen molar-refractivity contribution in [2.24, 2.45) is 0 Å². The van der Waals surface area contributed by atoms with E-state index in [-0.39, 0.29) is 23.3 Å². The highest BCUT2D eigenvalue weighted by molar-refractivity contribution is 7.22. The predicted molar refractivity (Wildman–Crippen MR) is 131 cm³/mol.